The van der Waals surface area contributed by atoms with Crippen LogP contribution < -0.4 is 0 Å². The van der Waals surface area contributed by atoms with Gasteiger partial charge in [0.25, 0.3) is 0 Å². The molecule has 2 aromatic rings. The Hall–Kier alpha value is -1.55. The van der Waals surface area contributed by atoms with Crippen molar-refractivity contribution in [2.24, 2.45) is 0 Å². The van der Waals surface area contributed by atoms with Gasteiger partial charge in [-0.15, -0.1) is 0 Å². The van der Waals surface area contributed by atoms with Crippen LogP contribution in [0.4, 0.5) is 0 Å². The fraction of sp³-hybridized carbons (Fsp3) is 0.0714. The summed E-state index contributed by atoms with van der Waals surface area (Å²) in [5.74, 6) is -1.10. The average Bonchev–Trinajstić information content (AvgIpc) is 2.38. The fourth-order valence-electron chi connectivity index (χ4n) is 1.82. The lowest BCUT2D eigenvalue weighted by atomic mass is 9.97. The van der Waals surface area contributed by atoms with Crippen LogP contribution in [0.3, 0.4) is 0 Å². The molecule has 2 rings (SSSR count). The van der Waals surface area contributed by atoms with E-state index in [1.165, 1.54) is 12.1 Å². The predicted molar refractivity (Wildman–Crippen MR) is 73.9 cm³/mol. The van der Waals surface area contributed by atoms with Gasteiger partial charge in [0, 0.05) is 15.6 Å². The lowest BCUT2D eigenvalue weighted by molar-refractivity contribution is 0.0691. The molecule has 0 aromatic heterocycles. The summed E-state index contributed by atoms with van der Waals surface area (Å²) in [7, 11) is 0. The highest BCUT2D eigenvalue weighted by Crippen LogP contribution is 2.31. The molecule has 0 bridgehead atoms. The van der Waals surface area contributed by atoms with Crippen LogP contribution in [0.15, 0.2) is 42.5 Å². The number of carboxylic acids is 1. The molecule has 0 amide bonds. The molecule has 2 N–H and O–H groups in total. The van der Waals surface area contributed by atoms with Gasteiger partial charge < -0.3 is 10.2 Å². The monoisotopic (exact) mass is 296 g/mol. The summed E-state index contributed by atoms with van der Waals surface area (Å²) in [6, 6.07) is 10.9. The van der Waals surface area contributed by atoms with Crippen molar-refractivity contribution in [3.8, 4) is 0 Å². The van der Waals surface area contributed by atoms with E-state index in [4.69, 9.17) is 28.3 Å². The van der Waals surface area contributed by atoms with Gasteiger partial charge in [0.1, 0.15) is 6.10 Å². The van der Waals surface area contributed by atoms with E-state index < -0.39 is 12.1 Å². The number of carbonyl (C=O) groups is 1. The highest BCUT2D eigenvalue weighted by atomic mass is 35.5. The lowest BCUT2D eigenvalue weighted by Crippen LogP contribution is -2.08. The Morgan fingerprint density at radius 1 is 1.05 bits per heavy atom. The third-order valence-corrected chi connectivity index (χ3v) is 3.31. The number of aliphatic hydroxyl groups excluding tert-OH is 1. The van der Waals surface area contributed by atoms with E-state index in [1.807, 2.05) is 0 Å². The molecule has 3 nitrogen and oxygen atoms in total. The summed E-state index contributed by atoms with van der Waals surface area (Å²) in [6.07, 6.45) is -1.11. The lowest BCUT2D eigenvalue weighted by Gasteiger charge is -2.15. The largest absolute Gasteiger partial charge is 0.478 e. The number of aromatic carboxylic acids is 1. The molecule has 0 spiro atoms. The minimum absolute atomic E-state index is 0.0426. The SMILES string of the molecule is O=C(O)c1ccccc1C(O)c1ccc(Cl)cc1Cl. The second-order valence-electron chi connectivity index (χ2n) is 3.96. The molecule has 0 aliphatic heterocycles. The molecule has 5 heteroatoms. The average molecular weight is 297 g/mol. The topological polar surface area (TPSA) is 57.5 Å². The van der Waals surface area contributed by atoms with Crippen molar-refractivity contribution in [2.75, 3.05) is 0 Å². The van der Waals surface area contributed by atoms with Gasteiger partial charge in [-0.3, -0.25) is 0 Å². The van der Waals surface area contributed by atoms with Gasteiger partial charge in [0.2, 0.25) is 0 Å². The Morgan fingerprint density at radius 2 is 1.74 bits per heavy atom. The van der Waals surface area contributed by atoms with Crippen LogP contribution >= 0.6 is 23.2 Å². The third-order valence-electron chi connectivity index (χ3n) is 2.74. The minimum atomic E-state index is -1.11. The molecular formula is C14H10Cl2O3. The molecule has 19 heavy (non-hydrogen) atoms. The quantitative estimate of drug-likeness (QED) is 0.906. The van der Waals surface area contributed by atoms with Crippen LogP contribution in [-0.2, 0) is 0 Å². The number of benzene rings is 2. The molecule has 2 aromatic carbocycles. The van der Waals surface area contributed by atoms with Gasteiger partial charge in [-0.1, -0.05) is 47.5 Å². The van der Waals surface area contributed by atoms with Crippen LogP contribution in [-0.4, -0.2) is 16.2 Å². The van der Waals surface area contributed by atoms with Crippen molar-refractivity contribution in [1.82, 2.24) is 0 Å². The number of carboxylic acid groups (broad SMARTS) is 1. The van der Waals surface area contributed by atoms with Crippen molar-refractivity contribution in [3.05, 3.63) is 69.2 Å². The maximum atomic E-state index is 11.1. The molecule has 1 atom stereocenters. The standard InChI is InChI=1S/C14H10Cl2O3/c15-8-5-6-11(12(16)7-8)13(17)9-3-1-2-4-10(9)14(18)19/h1-7,13,17H,(H,18,19). The first-order valence-electron chi connectivity index (χ1n) is 5.46. The van der Waals surface area contributed by atoms with E-state index in [2.05, 4.69) is 0 Å². The Labute approximate surface area is 120 Å². The normalized spacial score (nSPS) is 12.2. The van der Waals surface area contributed by atoms with Crippen molar-refractivity contribution < 1.29 is 15.0 Å². The molecule has 0 saturated heterocycles. The zero-order valence-electron chi connectivity index (χ0n) is 9.68. The summed E-state index contributed by atoms with van der Waals surface area (Å²) >= 11 is 11.8. The minimum Gasteiger partial charge on any atom is -0.478 e. The van der Waals surface area contributed by atoms with E-state index in [9.17, 15) is 9.90 Å². The van der Waals surface area contributed by atoms with Gasteiger partial charge >= 0.3 is 5.97 Å². The van der Waals surface area contributed by atoms with Crippen LogP contribution in [0.5, 0.6) is 0 Å². The zero-order chi connectivity index (χ0) is 14.0. The van der Waals surface area contributed by atoms with Crippen molar-refractivity contribution in [2.45, 2.75) is 6.10 Å². The number of rotatable bonds is 3. The molecular weight excluding hydrogens is 287 g/mol. The molecule has 0 heterocycles. The maximum absolute atomic E-state index is 11.1. The van der Waals surface area contributed by atoms with Gasteiger partial charge in [0.15, 0.2) is 0 Å². The Morgan fingerprint density at radius 3 is 2.37 bits per heavy atom. The predicted octanol–water partition coefficient (Wildman–Crippen LogP) is 3.77. The molecule has 1 unspecified atom stereocenters. The molecule has 0 saturated carbocycles. The zero-order valence-corrected chi connectivity index (χ0v) is 11.2. The highest BCUT2D eigenvalue weighted by Gasteiger charge is 2.20. The van der Waals surface area contributed by atoms with E-state index >= 15 is 0 Å². The smallest absolute Gasteiger partial charge is 0.336 e. The summed E-state index contributed by atoms with van der Waals surface area (Å²) in [6.45, 7) is 0. The van der Waals surface area contributed by atoms with E-state index in [0.717, 1.165) is 0 Å². The second kappa shape index (κ2) is 5.61. The van der Waals surface area contributed by atoms with Gasteiger partial charge in [-0.05, 0) is 23.8 Å². The van der Waals surface area contributed by atoms with Crippen LogP contribution in [0.25, 0.3) is 0 Å². The van der Waals surface area contributed by atoms with E-state index in [1.54, 1.807) is 30.3 Å². The van der Waals surface area contributed by atoms with Gasteiger partial charge in [-0.2, -0.15) is 0 Å². The summed E-state index contributed by atoms with van der Waals surface area (Å²) in [5, 5.41) is 20.2. The van der Waals surface area contributed by atoms with Crippen LogP contribution in [0.2, 0.25) is 10.0 Å². The molecule has 0 radical (unpaired) electrons. The first-order valence-corrected chi connectivity index (χ1v) is 6.21. The number of hydrogen-bond donors (Lipinski definition) is 2. The fourth-order valence-corrected chi connectivity index (χ4v) is 2.33. The third kappa shape index (κ3) is 2.89. The maximum Gasteiger partial charge on any atom is 0.336 e. The molecule has 0 aliphatic carbocycles. The summed E-state index contributed by atoms with van der Waals surface area (Å²) in [5.41, 5.74) is 0.750. The molecule has 0 aliphatic rings. The van der Waals surface area contributed by atoms with Crippen LogP contribution in [0.1, 0.15) is 27.6 Å². The summed E-state index contributed by atoms with van der Waals surface area (Å²) in [4.78, 5) is 11.1. The number of aliphatic hydroxyl groups is 1. The number of halogens is 2. The highest BCUT2D eigenvalue weighted by molar-refractivity contribution is 6.35. The van der Waals surface area contributed by atoms with E-state index in [-0.39, 0.29) is 5.56 Å². The van der Waals surface area contributed by atoms with Crippen LogP contribution in [0, 0.1) is 0 Å². The van der Waals surface area contributed by atoms with Crippen molar-refractivity contribution >= 4 is 29.2 Å². The Bertz CT molecular complexity index is 626. The second-order valence-corrected chi connectivity index (χ2v) is 4.80. The van der Waals surface area contributed by atoms with Crippen molar-refractivity contribution in [3.63, 3.8) is 0 Å². The van der Waals surface area contributed by atoms with Crippen molar-refractivity contribution in [1.29, 1.82) is 0 Å². The van der Waals surface area contributed by atoms with E-state index in [0.29, 0.717) is 21.2 Å². The molecule has 98 valence electrons. The van der Waals surface area contributed by atoms with Gasteiger partial charge in [0.05, 0.1) is 5.56 Å². The summed E-state index contributed by atoms with van der Waals surface area (Å²) < 4.78 is 0. The molecule has 0 fully saturated rings. The van der Waals surface area contributed by atoms with Gasteiger partial charge in [-0.25, -0.2) is 4.79 Å². The first-order chi connectivity index (χ1) is 9.00. The Balaban J connectivity index is 2.50. The number of hydrogen-bond acceptors (Lipinski definition) is 2. The first kappa shape index (κ1) is 13.9. The Kier molecular flexibility index (Phi) is 4.10.